The van der Waals surface area contributed by atoms with Crippen molar-refractivity contribution >= 4 is 62.2 Å². The van der Waals surface area contributed by atoms with E-state index >= 15 is 0 Å². The molecule has 9 heteroatoms. The number of nitro benzene ring substituents is 1. The number of nitrogens with one attached hydrogen (secondary N) is 1. The third-order valence-corrected chi connectivity index (χ3v) is 5.91. The fraction of sp³-hybridized carbons (Fsp3) is 0.125. The third kappa shape index (κ3) is 4.28. The van der Waals surface area contributed by atoms with Gasteiger partial charge in [-0.1, -0.05) is 29.4 Å². The van der Waals surface area contributed by atoms with Crippen molar-refractivity contribution in [3.63, 3.8) is 0 Å². The Morgan fingerprint density at radius 1 is 1.36 bits per heavy atom. The van der Waals surface area contributed by atoms with Crippen LogP contribution in [0.3, 0.4) is 0 Å². The number of thiazole rings is 1. The number of hydrogen-bond donors (Lipinski definition) is 1. The van der Waals surface area contributed by atoms with E-state index in [1.807, 2.05) is 13.0 Å². The van der Waals surface area contributed by atoms with E-state index in [4.69, 9.17) is 11.6 Å². The van der Waals surface area contributed by atoms with Gasteiger partial charge in [-0.2, -0.15) is 0 Å². The predicted octanol–water partition coefficient (Wildman–Crippen LogP) is 4.90. The maximum atomic E-state index is 12.1. The van der Waals surface area contributed by atoms with Crippen molar-refractivity contribution in [1.29, 1.82) is 0 Å². The number of hydrogen-bond acceptors (Lipinski definition) is 6. The first kappa shape index (κ1) is 17.7. The minimum absolute atomic E-state index is 0.0293. The number of carbonyl (C=O) groups is 1. The monoisotopic (exact) mass is 393 g/mol. The van der Waals surface area contributed by atoms with Gasteiger partial charge >= 0.3 is 0 Å². The number of aryl methyl sites for hydroxylation is 1. The van der Waals surface area contributed by atoms with E-state index in [-0.39, 0.29) is 17.3 Å². The highest BCUT2D eigenvalue weighted by atomic mass is 35.5. The number of rotatable bonds is 5. The highest BCUT2D eigenvalue weighted by molar-refractivity contribution is 8.01. The van der Waals surface area contributed by atoms with Crippen LogP contribution in [0.1, 0.15) is 5.56 Å². The molecule has 1 aromatic heterocycles. The largest absolute Gasteiger partial charge is 0.325 e. The quantitative estimate of drug-likeness (QED) is 0.378. The molecule has 0 radical (unpaired) electrons. The molecule has 25 heavy (non-hydrogen) atoms. The van der Waals surface area contributed by atoms with E-state index in [0.717, 1.165) is 10.3 Å². The summed E-state index contributed by atoms with van der Waals surface area (Å²) in [5.74, 6) is 0.0168. The zero-order valence-corrected chi connectivity index (χ0v) is 15.4. The van der Waals surface area contributed by atoms with Gasteiger partial charge in [0.25, 0.3) is 5.69 Å². The van der Waals surface area contributed by atoms with Crippen molar-refractivity contribution in [3.05, 3.63) is 57.1 Å². The number of amides is 1. The van der Waals surface area contributed by atoms with E-state index in [1.165, 1.54) is 35.2 Å². The Bertz CT molecular complexity index is 974. The summed E-state index contributed by atoms with van der Waals surface area (Å²) in [7, 11) is 0. The van der Waals surface area contributed by atoms with Crippen molar-refractivity contribution < 1.29 is 9.72 Å². The molecule has 2 aromatic carbocycles. The Hall–Kier alpha value is -2.16. The van der Waals surface area contributed by atoms with Crippen LogP contribution in [0.5, 0.6) is 0 Å². The number of carbonyl (C=O) groups excluding carboxylic acids is 1. The molecule has 1 amide bonds. The number of halogens is 1. The Balaban J connectivity index is 1.64. The van der Waals surface area contributed by atoms with E-state index in [9.17, 15) is 14.9 Å². The van der Waals surface area contributed by atoms with Crippen LogP contribution in [0.4, 0.5) is 11.4 Å². The number of non-ortho nitro benzene ring substituents is 1. The number of nitro groups is 1. The zero-order valence-electron chi connectivity index (χ0n) is 13.0. The first-order chi connectivity index (χ1) is 11.9. The van der Waals surface area contributed by atoms with Gasteiger partial charge in [-0.15, -0.1) is 11.3 Å². The van der Waals surface area contributed by atoms with Crippen molar-refractivity contribution in [1.82, 2.24) is 4.98 Å². The van der Waals surface area contributed by atoms with Gasteiger partial charge in [0.15, 0.2) is 4.34 Å². The third-order valence-electron chi connectivity index (χ3n) is 3.35. The van der Waals surface area contributed by atoms with Gasteiger partial charge in [0, 0.05) is 22.8 Å². The second-order valence-corrected chi connectivity index (χ2v) is 7.85. The summed E-state index contributed by atoms with van der Waals surface area (Å²) in [6, 6.07) is 9.86. The van der Waals surface area contributed by atoms with E-state index in [2.05, 4.69) is 10.3 Å². The molecule has 6 nitrogen and oxygen atoms in total. The average Bonchev–Trinajstić information content (AvgIpc) is 2.98. The highest BCUT2D eigenvalue weighted by Gasteiger charge is 2.12. The number of anilines is 1. The molecular formula is C16H12ClN3O3S2. The second kappa shape index (κ2) is 7.38. The molecule has 0 aliphatic carbocycles. The van der Waals surface area contributed by atoms with Crippen molar-refractivity contribution in [3.8, 4) is 0 Å². The molecule has 3 rings (SSSR count). The molecule has 0 saturated heterocycles. The lowest BCUT2D eigenvalue weighted by molar-refractivity contribution is -0.384. The fourth-order valence-electron chi connectivity index (χ4n) is 2.06. The van der Waals surface area contributed by atoms with Crippen molar-refractivity contribution in [2.24, 2.45) is 0 Å². The standard InChI is InChI=1S/C16H12ClN3O3S2/c1-9-2-3-10(6-12(9)17)18-15(21)8-24-16-19-13-5-4-11(20(22)23)7-14(13)25-16/h2-7H,8H2,1H3,(H,18,21). The van der Waals surface area contributed by atoms with E-state index in [0.29, 0.717) is 20.6 Å². The molecule has 0 bridgehead atoms. The van der Waals surface area contributed by atoms with Crippen LogP contribution in [0.2, 0.25) is 5.02 Å². The normalized spacial score (nSPS) is 10.8. The van der Waals surface area contributed by atoms with Crippen LogP contribution in [-0.4, -0.2) is 21.6 Å². The van der Waals surface area contributed by atoms with Gasteiger partial charge in [0.05, 0.1) is 20.9 Å². The molecule has 0 aliphatic heterocycles. The first-order valence-corrected chi connectivity index (χ1v) is 9.34. The number of thioether (sulfide) groups is 1. The molecule has 0 spiro atoms. The maximum absolute atomic E-state index is 12.1. The summed E-state index contributed by atoms with van der Waals surface area (Å²) >= 11 is 8.65. The number of aromatic nitrogens is 1. The molecule has 1 heterocycles. The Kier molecular flexibility index (Phi) is 5.22. The van der Waals surface area contributed by atoms with Gasteiger partial charge < -0.3 is 5.32 Å². The van der Waals surface area contributed by atoms with Gasteiger partial charge in [0.2, 0.25) is 5.91 Å². The first-order valence-electron chi connectivity index (χ1n) is 7.16. The lowest BCUT2D eigenvalue weighted by Crippen LogP contribution is -2.13. The van der Waals surface area contributed by atoms with E-state index < -0.39 is 4.92 Å². The van der Waals surface area contributed by atoms with Crippen molar-refractivity contribution in [2.75, 3.05) is 11.1 Å². The molecule has 0 saturated carbocycles. The number of benzene rings is 2. The number of fused-ring (bicyclic) bond motifs is 1. The fourth-order valence-corrected chi connectivity index (χ4v) is 4.14. The van der Waals surface area contributed by atoms with E-state index in [1.54, 1.807) is 18.2 Å². The molecule has 128 valence electrons. The lowest BCUT2D eigenvalue weighted by Gasteiger charge is -2.06. The minimum atomic E-state index is -0.438. The van der Waals surface area contributed by atoms with Crippen LogP contribution in [0, 0.1) is 17.0 Å². The van der Waals surface area contributed by atoms with Crippen LogP contribution >= 0.6 is 34.7 Å². The van der Waals surface area contributed by atoms with Crippen LogP contribution in [0.15, 0.2) is 40.7 Å². The van der Waals surface area contributed by atoms with Crippen LogP contribution in [-0.2, 0) is 4.79 Å². The molecule has 0 fully saturated rings. The predicted molar refractivity (Wildman–Crippen MR) is 102 cm³/mol. The van der Waals surface area contributed by atoms with Gasteiger partial charge in [-0.05, 0) is 30.7 Å². The molecular weight excluding hydrogens is 382 g/mol. The Labute approximate surface area is 156 Å². The lowest BCUT2D eigenvalue weighted by atomic mass is 10.2. The molecule has 3 aromatic rings. The summed E-state index contributed by atoms with van der Waals surface area (Å²) in [4.78, 5) is 26.8. The van der Waals surface area contributed by atoms with Gasteiger partial charge in [0.1, 0.15) is 0 Å². The number of nitrogens with zero attached hydrogens (tertiary/aromatic N) is 2. The molecule has 0 unspecified atom stereocenters. The van der Waals surface area contributed by atoms with Crippen LogP contribution in [0.25, 0.3) is 10.2 Å². The summed E-state index contributed by atoms with van der Waals surface area (Å²) in [6.07, 6.45) is 0. The minimum Gasteiger partial charge on any atom is -0.325 e. The van der Waals surface area contributed by atoms with Crippen molar-refractivity contribution in [2.45, 2.75) is 11.3 Å². The van der Waals surface area contributed by atoms with Crippen LogP contribution < -0.4 is 5.32 Å². The Morgan fingerprint density at radius 3 is 2.88 bits per heavy atom. The highest BCUT2D eigenvalue weighted by Crippen LogP contribution is 2.31. The SMILES string of the molecule is Cc1ccc(NC(=O)CSc2nc3ccc([N+](=O)[O-])cc3s2)cc1Cl. The molecule has 0 aliphatic rings. The topological polar surface area (TPSA) is 85.1 Å². The smallest absolute Gasteiger partial charge is 0.270 e. The average molecular weight is 394 g/mol. The summed E-state index contributed by atoms with van der Waals surface area (Å²) in [6.45, 7) is 1.89. The summed E-state index contributed by atoms with van der Waals surface area (Å²) < 4.78 is 1.41. The summed E-state index contributed by atoms with van der Waals surface area (Å²) in [5.41, 5.74) is 2.30. The summed E-state index contributed by atoms with van der Waals surface area (Å²) in [5, 5.41) is 14.2. The molecule has 1 N–H and O–H groups in total. The Morgan fingerprint density at radius 2 is 2.16 bits per heavy atom. The zero-order chi connectivity index (χ0) is 18.0. The van der Waals surface area contributed by atoms with Gasteiger partial charge in [-0.25, -0.2) is 4.98 Å². The van der Waals surface area contributed by atoms with Gasteiger partial charge in [-0.3, -0.25) is 14.9 Å². The maximum Gasteiger partial charge on any atom is 0.270 e. The second-order valence-electron chi connectivity index (χ2n) is 5.19. The molecule has 0 atom stereocenters.